The minimum atomic E-state index is -4.50. The summed E-state index contributed by atoms with van der Waals surface area (Å²) in [5, 5.41) is 12.9. The second kappa shape index (κ2) is 6.27. The number of benzene rings is 1. The van der Waals surface area contributed by atoms with Crippen molar-refractivity contribution in [1.82, 2.24) is 5.32 Å². The number of carbonyl (C=O) groups is 2. The Morgan fingerprint density at radius 1 is 1.30 bits per heavy atom. The summed E-state index contributed by atoms with van der Waals surface area (Å²) in [6.07, 6.45) is -4.77. The van der Waals surface area contributed by atoms with Gasteiger partial charge in [-0.15, -0.1) is 0 Å². The molecule has 3 N–H and O–H groups in total. The summed E-state index contributed by atoms with van der Waals surface area (Å²) in [7, 11) is 0. The van der Waals surface area contributed by atoms with E-state index < -0.39 is 23.7 Å². The zero-order chi connectivity index (χ0) is 15.3. The lowest BCUT2D eigenvalue weighted by Gasteiger charge is -2.14. The van der Waals surface area contributed by atoms with E-state index in [-0.39, 0.29) is 24.2 Å². The first-order chi connectivity index (χ1) is 9.21. The average molecular weight is 290 g/mol. The van der Waals surface area contributed by atoms with Crippen LogP contribution in [0.3, 0.4) is 0 Å². The molecule has 110 valence electrons. The number of halogens is 3. The zero-order valence-electron chi connectivity index (χ0n) is 10.5. The highest BCUT2D eigenvalue weighted by Gasteiger charge is 2.32. The lowest BCUT2D eigenvalue weighted by atomic mass is 10.1. The fourth-order valence-corrected chi connectivity index (χ4v) is 1.53. The van der Waals surface area contributed by atoms with Crippen LogP contribution in [0, 0.1) is 6.92 Å². The monoisotopic (exact) mass is 290 g/mol. The van der Waals surface area contributed by atoms with E-state index in [1.54, 1.807) is 0 Å². The van der Waals surface area contributed by atoms with E-state index >= 15 is 0 Å². The molecule has 0 aliphatic heterocycles. The number of hydrogen-bond donors (Lipinski definition) is 3. The molecule has 0 saturated heterocycles. The molecule has 0 aromatic heterocycles. The standard InChI is InChI=1S/C12H13F3N2O3/c1-7-8(12(13,14)15)3-2-4-9(7)17-11(20)16-6-5-10(18)19/h2-4H,5-6H2,1H3,(H,18,19)(H2,16,17,20). The Labute approximate surface area is 112 Å². The summed E-state index contributed by atoms with van der Waals surface area (Å²) in [5.41, 5.74) is -0.915. The highest BCUT2D eigenvalue weighted by Crippen LogP contribution is 2.34. The van der Waals surface area contributed by atoms with E-state index in [1.165, 1.54) is 19.1 Å². The molecule has 0 aliphatic rings. The van der Waals surface area contributed by atoms with Crippen LogP contribution in [0.25, 0.3) is 0 Å². The lowest BCUT2D eigenvalue weighted by molar-refractivity contribution is -0.138. The molecule has 0 unspecified atom stereocenters. The van der Waals surface area contributed by atoms with Crippen LogP contribution >= 0.6 is 0 Å². The number of carboxylic acids is 1. The summed E-state index contributed by atoms with van der Waals surface area (Å²) in [4.78, 5) is 21.7. The van der Waals surface area contributed by atoms with E-state index in [0.29, 0.717) is 0 Å². The Bertz CT molecular complexity index is 515. The van der Waals surface area contributed by atoms with Gasteiger partial charge in [0.1, 0.15) is 0 Å². The minimum Gasteiger partial charge on any atom is -0.481 e. The number of nitrogens with one attached hydrogen (secondary N) is 2. The number of anilines is 1. The van der Waals surface area contributed by atoms with Gasteiger partial charge in [0.05, 0.1) is 12.0 Å². The first-order valence-corrected chi connectivity index (χ1v) is 5.65. The fourth-order valence-electron chi connectivity index (χ4n) is 1.53. The van der Waals surface area contributed by atoms with E-state index in [2.05, 4.69) is 10.6 Å². The predicted molar refractivity (Wildman–Crippen MR) is 65.5 cm³/mol. The van der Waals surface area contributed by atoms with Crippen molar-refractivity contribution in [3.8, 4) is 0 Å². The van der Waals surface area contributed by atoms with Gasteiger partial charge in [0, 0.05) is 12.2 Å². The number of aliphatic carboxylic acids is 1. The van der Waals surface area contributed by atoms with Crippen molar-refractivity contribution in [2.24, 2.45) is 0 Å². The van der Waals surface area contributed by atoms with Crippen LogP contribution in [0.15, 0.2) is 18.2 Å². The number of amides is 2. The molecule has 0 fully saturated rings. The third-order valence-corrected chi connectivity index (χ3v) is 2.51. The molecule has 1 aromatic rings. The third kappa shape index (κ3) is 4.45. The van der Waals surface area contributed by atoms with Gasteiger partial charge < -0.3 is 15.7 Å². The Morgan fingerprint density at radius 3 is 2.50 bits per heavy atom. The largest absolute Gasteiger partial charge is 0.481 e. The molecule has 0 bridgehead atoms. The Balaban J connectivity index is 2.73. The van der Waals surface area contributed by atoms with Crippen LogP contribution in [-0.2, 0) is 11.0 Å². The Hall–Kier alpha value is -2.25. The topological polar surface area (TPSA) is 78.4 Å². The van der Waals surface area contributed by atoms with Gasteiger partial charge in [-0.25, -0.2) is 4.79 Å². The van der Waals surface area contributed by atoms with E-state index in [1.807, 2.05) is 0 Å². The average Bonchev–Trinajstić information content (AvgIpc) is 2.29. The van der Waals surface area contributed by atoms with Gasteiger partial charge in [-0.1, -0.05) is 6.07 Å². The minimum absolute atomic E-state index is 0.0210. The maximum atomic E-state index is 12.7. The molecular formula is C12H13F3N2O3. The summed E-state index contributed by atoms with van der Waals surface area (Å²) in [5.74, 6) is -1.08. The maximum absolute atomic E-state index is 12.7. The van der Waals surface area contributed by atoms with Crippen molar-refractivity contribution in [2.75, 3.05) is 11.9 Å². The molecule has 5 nitrogen and oxygen atoms in total. The highest BCUT2D eigenvalue weighted by atomic mass is 19.4. The molecule has 0 heterocycles. The molecule has 0 radical (unpaired) electrons. The number of rotatable bonds is 4. The smallest absolute Gasteiger partial charge is 0.416 e. The predicted octanol–water partition coefficient (Wildman–Crippen LogP) is 2.61. The van der Waals surface area contributed by atoms with Gasteiger partial charge in [0.2, 0.25) is 0 Å². The van der Waals surface area contributed by atoms with Gasteiger partial charge in [-0.05, 0) is 24.6 Å². The number of hydrogen-bond acceptors (Lipinski definition) is 2. The van der Waals surface area contributed by atoms with Crippen molar-refractivity contribution in [1.29, 1.82) is 0 Å². The van der Waals surface area contributed by atoms with Crippen LogP contribution in [0.5, 0.6) is 0 Å². The lowest BCUT2D eigenvalue weighted by Crippen LogP contribution is -2.31. The van der Waals surface area contributed by atoms with E-state index in [4.69, 9.17) is 5.11 Å². The Kier molecular flexibility index (Phi) is 4.95. The first-order valence-electron chi connectivity index (χ1n) is 5.65. The molecule has 1 aromatic carbocycles. The number of carboxylic acid groups (broad SMARTS) is 1. The number of urea groups is 1. The molecule has 0 saturated carbocycles. The summed E-state index contributed by atoms with van der Waals surface area (Å²) < 4.78 is 38.0. The van der Waals surface area contributed by atoms with Gasteiger partial charge in [-0.3, -0.25) is 4.79 Å². The van der Waals surface area contributed by atoms with Gasteiger partial charge in [0.25, 0.3) is 0 Å². The van der Waals surface area contributed by atoms with Crippen molar-refractivity contribution < 1.29 is 27.9 Å². The first kappa shape index (κ1) is 15.8. The summed E-state index contributed by atoms with van der Waals surface area (Å²) in [6.45, 7) is 1.13. The number of carbonyl (C=O) groups excluding carboxylic acids is 1. The number of alkyl halides is 3. The van der Waals surface area contributed by atoms with Gasteiger partial charge >= 0.3 is 18.2 Å². The third-order valence-electron chi connectivity index (χ3n) is 2.51. The molecule has 2 amide bonds. The van der Waals surface area contributed by atoms with Crippen LogP contribution in [0.4, 0.5) is 23.7 Å². The zero-order valence-corrected chi connectivity index (χ0v) is 10.5. The Morgan fingerprint density at radius 2 is 1.95 bits per heavy atom. The molecule has 0 spiro atoms. The SMILES string of the molecule is Cc1c(NC(=O)NCCC(=O)O)cccc1C(F)(F)F. The van der Waals surface area contributed by atoms with Crippen molar-refractivity contribution >= 4 is 17.7 Å². The van der Waals surface area contributed by atoms with Crippen LogP contribution in [-0.4, -0.2) is 23.7 Å². The van der Waals surface area contributed by atoms with E-state index in [0.717, 1.165) is 6.07 Å². The molecule has 8 heteroatoms. The molecule has 1 rings (SSSR count). The van der Waals surface area contributed by atoms with Crippen molar-refractivity contribution in [2.45, 2.75) is 19.5 Å². The quantitative estimate of drug-likeness (QED) is 0.797. The van der Waals surface area contributed by atoms with Gasteiger partial charge in [0.15, 0.2) is 0 Å². The van der Waals surface area contributed by atoms with Crippen LogP contribution < -0.4 is 10.6 Å². The second-order valence-corrected chi connectivity index (χ2v) is 4.00. The molecule has 0 aliphatic carbocycles. The summed E-state index contributed by atoms with van der Waals surface area (Å²) >= 11 is 0. The summed E-state index contributed by atoms with van der Waals surface area (Å²) in [6, 6.07) is 2.68. The van der Waals surface area contributed by atoms with Crippen molar-refractivity contribution in [3.63, 3.8) is 0 Å². The van der Waals surface area contributed by atoms with Crippen molar-refractivity contribution in [3.05, 3.63) is 29.3 Å². The van der Waals surface area contributed by atoms with Crippen LogP contribution in [0.1, 0.15) is 17.5 Å². The normalized spacial score (nSPS) is 11.0. The molecule has 0 atom stereocenters. The van der Waals surface area contributed by atoms with E-state index in [9.17, 15) is 22.8 Å². The maximum Gasteiger partial charge on any atom is 0.416 e. The molecule has 20 heavy (non-hydrogen) atoms. The van der Waals surface area contributed by atoms with Gasteiger partial charge in [-0.2, -0.15) is 13.2 Å². The second-order valence-electron chi connectivity index (χ2n) is 4.00. The fraction of sp³-hybridized carbons (Fsp3) is 0.333. The highest BCUT2D eigenvalue weighted by molar-refractivity contribution is 5.90. The van der Waals surface area contributed by atoms with Crippen LogP contribution in [0.2, 0.25) is 0 Å². The molecular weight excluding hydrogens is 277 g/mol.